The molecule has 1 heterocycles. The first-order chi connectivity index (χ1) is 15.3. The molecule has 8 heteroatoms. The van der Waals surface area contributed by atoms with Gasteiger partial charge in [-0.3, -0.25) is 14.6 Å². The third kappa shape index (κ3) is 5.52. The number of pyridine rings is 1. The minimum atomic E-state index is -0.464. The van der Waals surface area contributed by atoms with Crippen molar-refractivity contribution < 1.29 is 14.3 Å². The summed E-state index contributed by atoms with van der Waals surface area (Å²) in [6, 6.07) is 13.4. The molecular formula is C24H21Cl2N3O3. The zero-order valence-corrected chi connectivity index (χ0v) is 19.3. The second kappa shape index (κ2) is 10.4. The lowest BCUT2D eigenvalue weighted by atomic mass is 9.96. The predicted octanol–water partition coefficient (Wildman–Crippen LogP) is 5.51. The Morgan fingerprint density at radius 1 is 1.03 bits per heavy atom. The maximum Gasteiger partial charge on any atom is 0.257 e. The van der Waals surface area contributed by atoms with E-state index in [4.69, 9.17) is 27.9 Å². The van der Waals surface area contributed by atoms with Crippen LogP contribution < -0.4 is 10.1 Å². The highest BCUT2D eigenvalue weighted by Crippen LogP contribution is 2.29. The molecule has 1 N–H and O–H groups in total. The van der Waals surface area contributed by atoms with Gasteiger partial charge in [0.1, 0.15) is 11.6 Å². The molecule has 0 saturated carbocycles. The van der Waals surface area contributed by atoms with Crippen molar-refractivity contribution in [2.75, 3.05) is 19.5 Å². The van der Waals surface area contributed by atoms with Crippen molar-refractivity contribution in [1.82, 2.24) is 4.98 Å². The number of methoxy groups -OCH3 is 1. The van der Waals surface area contributed by atoms with Gasteiger partial charge in [-0.05, 0) is 36.8 Å². The van der Waals surface area contributed by atoms with Gasteiger partial charge in [0, 0.05) is 47.1 Å². The zero-order chi connectivity index (χ0) is 23.3. The van der Waals surface area contributed by atoms with Crippen LogP contribution in [0, 0.1) is 0 Å². The SMILES string of the molecule is CN=C(C)c1ccc(C(=O)Cc2c(OC)cc(Cl)cc2C(=O)Nc2ccc(Cl)cn2)cc1. The predicted molar refractivity (Wildman–Crippen MR) is 128 cm³/mol. The summed E-state index contributed by atoms with van der Waals surface area (Å²) in [5.41, 5.74) is 2.98. The van der Waals surface area contributed by atoms with E-state index in [9.17, 15) is 9.59 Å². The standard InChI is InChI=1S/C24H21Cl2N3O3/c1-14(27-2)15-4-6-16(7-5-15)21(30)12-19-20(10-18(26)11-22(19)32-3)24(31)29-23-9-8-17(25)13-28-23/h4-11,13H,12H2,1-3H3,(H,28,29,31). The Bertz CT molecular complexity index is 1170. The molecule has 1 aromatic heterocycles. The molecular weight excluding hydrogens is 449 g/mol. The summed E-state index contributed by atoms with van der Waals surface area (Å²) >= 11 is 12.0. The van der Waals surface area contributed by atoms with Crippen LogP contribution >= 0.6 is 23.2 Å². The van der Waals surface area contributed by atoms with Crippen molar-refractivity contribution in [3.05, 3.63) is 87.0 Å². The van der Waals surface area contributed by atoms with Gasteiger partial charge in [0.15, 0.2) is 5.78 Å². The van der Waals surface area contributed by atoms with E-state index in [0.29, 0.717) is 32.7 Å². The molecule has 1 amide bonds. The number of carbonyl (C=O) groups excluding carboxylic acids is 2. The van der Waals surface area contributed by atoms with Gasteiger partial charge in [0.2, 0.25) is 0 Å². The van der Waals surface area contributed by atoms with Crippen LogP contribution in [0.15, 0.2) is 59.7 Å². The number of ether oxygens (including phenoxy) is 1. The fourth-order valence-corrected chi connectivity index (χ4v) is 3.42. The minimum Gasteiger partial charge on any atom is -0.496 e. The number of Topliss-reactive ketones (excluding diaryl/α,β-unsaturated/α-hetero) is 1. The van der Waals surface area contributed by atoms with Crippen molar-refractivity contribution in [3.8, 4) is 5.75 Å². The highest BCUT2D eigenvalue weighted by molar-refractivity contribution is 6.31. The Morgan fingerprint density at radius 3 is 2.31 bits per heavy atom. The lowest BCUT2D eigenvalue weighted by molar-refractivity contribution is 0.0991. The number of ketones is 1. The van der Waals surface area contributed by atoms with E-state index >= 15 is 0 Å². The molecule has 164 valence electrons. The van der Waals surface area contributed by atoms with Crippen LogP contribution in [0.2, 0.25) is 10.0 Å². The molecule has 0 bridgehead atoms. The summed E-state index contributed by atoms with van der Waals surface area (Å²) in [7, 11) is 3.18. The molecule has 0 fully saturated rings. The maximum absolute atomic E-state index is 13.0. The van der Waals surface area contributed by atoms with Gasteiger partial charge in [-0.1, -0.05) is 47.5 Å². The largest absolute Gasteiger partial charge is 0.496 e. The van der Waals surface area contributed by atoms with Crippen LogP contribution in [-0.2, 0) is 6.42 Å². The average Bonchev–Trinajstić information content (AvgIpc) is 2.80. The topological polar surface area (TPSA) is 80.6 Å². The second-order valence-electron chi connectivity index (χ2n) is 6.94. The number of hydrogen-bond donors (Lipinski definition) is 1. The van der Waals surface area contributed by atoms with Crippen LogP contribution in [-0.4, -0.2) is 36.5 Å². The quantitative estimate of drug-likeness (QED) is 0.365. The number of amides is 1. The first kappa shape index (κ1) is 23.4. The second-order valence-corrected chi connectivity index (χ2v) is 7.81. The van der Waals surface area contributed by atoms with E-state index in [1.807, 2.05) is 19.1 Å². The van der Waals surface area contributed by atoms with Crippen LogP contribution in [0.5, 0.6) is 5.75 Å². The summed E-state index contributed by atoms with van der Waals surface area (Å²) in [4.78, 5) is 34.2. The Balaban J connectivity index is 1.91. The summed E-state index contributed by atoms with van der Waals surface area (Å²) in [5.74, 6) is 0.0419. The lowest BCUT2D eigenvalue weighted by Gasteiger charge is -2.15. The Morgan fingerprint density at radius 2 is 1.72 bits per heavy atom. The van der Waals surface area contributed by atoms with E-state index in [-0.39, 0.29) is 17.8 Å². The number of halogens is 2. The number of nitrogens with one attached hydrogen (secondary N) is 1. The van der Waals surface area contributed by atoms with Crippen molar-refractivity contribution in [1.29, 1.82) is 0 Å². The number of rotatable bonds is 7. The number of hydrogen-bond acceptors (Lipinski definition) is 5. The number of aliphatic imine (C=N–C) groups is 1. The molecule has 3 rings (SSSR count). The molecule has 0 spiro atoms. The molecule has 0 radical (unpaired) electrons. The van der Waals surface area contributed by atoms with Gasteiger partial charge in [0.25, 0.3) is 5.91 Å². The minimum absolute atomic E-state index is 0.0443. The molecule has 2 aromatic carbocycles. The summed E-state index contributed by atoms with van der Waals surface area (Å²) in [6.07, 6.45) is 1.38. The first-order valence-electron chi connectivity index (χ1n) is 9.68. The fourth-order valence-electron chi connectivity index (χ4n) is 3.10. The summed E-state index contributed by atoms with van der Waals surface area (Å²) in [5, 5.41) is 3.46. The van der Waals surface area contributed by atoms with Crippen LogP contribution in [0.1, 0.15) is 38.8 Å². The number of carbonyl (C=O) groups is 2. The summed E-state index contributed by atoms with van der Waals surface area (Å²) in [6.45, 7) is 1.90. The third-order valence-electron chi connectivity index (χ3n) is 4.90. The molecule has 32 heavy (non-hydrogen) atoms. The fraction of sp³-hybridized carbons (Fsp3) is 0.167. The van der Waals surface area contributed by atoms with Crippen molar-refractivity contribution >= 4 is 46.4 Å². The van der Waals surface area contributed by atoms with Gasteiger partial charge >= 0.3 is 0 Å². The smallest absolute Gasteiger partial charge is 0.257 e. The highest BCUT2D eigenvalue weighted by atomic mass is 35.5. The third-order valence-corrected chi connectivity index (χ3v) is 5.35. The lowest BCUT2D eigenvalue weighted by Crippen LogP contribution is -2.17. The van der Waals surface area contributed by atoms with E-state index in [1.165, 1.54) is 19.4 Å². The molecule has 0 aliphatic carbocycles. The molecule has 0 unspecified atom stereocenters. The van der Waals surface area contributed by atoms with E-state index in [1.54, 1.807) is 37.4 Å². The Kier molecular flexibility index (Phi) is 7.62. The highest BCUT2D eigenvalue weighted by Gasteiger charge is 2.21. The van der Waals surface area contributed by atoms with E-state index in [0.717, 1.165) is 11.3 Å². The van der Waals surface area contributed by atoms with Gasteiger partial charge in [0.05, 0.1) is 12.1 Å². The molecule has 6 nitrogen and oxygen atoms in total. The van der Waals surface area contributed by atoms with Crippen LogP contribution in [0.3, 0.4) is 0 Å². The van der Waals surface area contributed by atoms with Crippen molar-refractivity contribution in [3.63, 3.8) is 0 Å². The van der Waals surface area contributed by atoms with Gasteiger partial charge in [-0.15, -0.1) is 0 Å². The molecule has 0 saturated heterocycles. The van der Waals surface area contributed by atoms with E-state index in [2.05, 4.69) is 15.3 Å². The molecule has 3 aromatic rings. The van der Waals surface area contributed by atoms with Crippen LogP contribution in [0.4, 0.5) is 5.82 Å². The van der Waals surface area contributed by atoms with Crippen molar-refractivity contribution in [2.24, 2.45) is 4.99 Å². The van der Waals surface area contributed by atoms with Crippen LogP contribution in [0.25, 0.3) is 0 Å². The van der Waals surface area contributed by atoms with Gasteiger partial charge < -0.3 is 10.1 Å². The van der Waals surface area contributed by atoms with Gasteiger partial charge in [-0.2, -0.15) is 0 Å². The first-order valence-corrected chi connectivity index (χ1v) is 10.4. The van der Waals surface area contributed by atoms with E-state index < -0.39 is 5.91 Å². The monoisotopic (exact) mass is 469 g/mol. The molecule has 0 atom stereocenters. The Hall–Kier alpha value is -3.22. The number of anilines is 1. The number of benzene rings is 2. The average molecular weight is 470 g/mol. The number of aromatic nitrogens is 1. The van der Waals surface area contributed by atoms with Crippen molar-refractivity contribution in [2.45, 2.75) is 13.3 Å². The van der Waals surface area contributed by atoms with Gasteiger partial charge in [-0.25, -0.2) is 4.98 Å². The Labute approximate surface area is 196 Å². The maximum atomic E-state index is 13.0. The zero-order valence-electron chi connectivity index (χ0n) is 17.8. The molecule has 0 aliphatic heterocycles. The number of nitrogens with zero attached hydrogens (tertiary/aromatic N) is 2. The molecule has 0 aliphatic rings. The summed E-state index contributed by atoms with van der Waals surface area (Å²) < 4.78 is 5.42. The normalized spacial score (nSPS) is 11.2.